The first kappa shape index (κ1) is 17.6. The molecule has 2 heterocycles. The second kappa shape index (κ2) is 6.95. The van der Waals surface area contributed by atoms with Crippen molar-refractivity contribution in [3.8, 4) is 0 Å². The Labute approximate surface area is 149 Å². The van der Waals surface area contributed by atoms with E-state index in [0.717, 1.165) is 4.90 Å². The summed E-state index contributed by atoms with van der Waals surface area (Å²) in [5.74, 6) is -2.61. The van der Waals surface area contributed by atoms with Crippen molar-refractivity contribution in [2.75, 3.05) is 6.61 Å². The highest BCUT2D eigenvalue weighted by molar-refractivity contribution is 6.22. The summed E-state index contributed by atoms with van der Waals surface area (Å²) in [7, 11) is 0. The quantitative estimate of drug-likeness (QED) is 0.487. The molecule has 0 unspecified atom stereocenters. The summed E-state index contributed by atoms with van der Waals surface area (Å²) < 4.78 is 5.10. The molecule has 2 amide bonds. The molecule has 0 radical (unpaired) electrons. The number of esters is 1. The molecule has 1 aromatic carbocycles. The van der Waals surface area contributed by atoms with Crippen LogP contribution in [0.15, 0.2) is 42.6 Å². The van der Waals surface area contributed by atoms with Gasteiger partial charge in [0.25, 0.3) is 11.8 Å². The summed E-state index contributed by atoms with van der Waals surface area (Å²) >= 11 is 0. The van der Waals surface area contributed by atoms with Gasteiger partial charge in [0.15, 0.2) is 6.61 Å². The number of ketones is 1. The van der Waals surface area contributed by atoms with Crippen molar-refractivity contribution in [3.63, 3.8) is 0 Å². The van der Waals surface area contributed by atoms with Gasteiger partial charge in [-0.05, 0) is 30.2 Å². The number of carbonyl (C=O) groups is 4. The number of carbonyl (C=O) groups excluding carboxylic acids is 4. The highest BCUT2D eigenvalue weighted by Gasteiger charge is 2.44. The summed E-state index contributed by atoms with van der Waals surface area (Å²) in [6, 6.07) is 8.54. The molecular weight excluding hydrogens is 336 g/mol. The van der Waals surface area contributed by atoms with E-state index in [1.54, 1.807) is 56.4 Å². The van der Waals surface area contributed by atoms with Crippen molar-refractivity contribution in [1.82, 2.24) is 9.88 Å². The molecule has 2 aromatic rings. The molecule has 1 aliphatic heterocycles. The fraction of sp³-hybridized carbons (Fsp3) is 0.263. The maximum absolute atomic E-state index is 12.6. The van der Waals surface area contributed by atoms with Crippen LogP contribution in [-0.4, -0.2) is 46.1 Å². The maximum Gasteiger partial charge on any atom is 0.330 e. The van der Waals surface area contributed by atoms with Crippen LogP contribution in [0.1, 0.15) is 45.1 Å². The lowest BCUT2D eigenvalue weighted by Crippen LogP contribution is -2.49. The zero-order valence-corrected chi connectivity index (χ0v) is 14.4. The highest BCUT2D eigenvalue weighted by Crippen LogP contribution is 2.27. The number of H-pyrrole nitrogens is 1. The minimum atomic E-state index is -1.10. The molecule has 3 rings (SSSR count). The molecule has 7 heteroatoms. The molecule has 1 atom stereocenters. The Balaban J connectivity index is 1.77. The van der Waals surface area contributed by atoms with E-state index in [2.05, 4.69) is 4.98 Å². The van der Waals surface area contributed by atoms with Crippen LogP contribution < -0.4 is 0 Å². The molecule has 0 bridgehead atoms. The van der Waals surface area contributed by atoms with E-state index in [9.17, 15) is 19.2 Å². The van der Waals surface area contributed by atoms with Gasteiger partial charge in [-0.15, -0.1) is 0 Å². The summed E-state index contributed by atoms with van der Waals surface area (Å²) in [6.07, 6.45) is 1.59. The Bertz CT molecular complexity index is 835. The third-order valence-corrected chi connectivity index (χ3v) is 4.22. The number of imide groups is 1. The predicted octanol–water partition coefficient (Wildman–Crippen LogP) is 2.06. The molecule has 1 aliphatic rings. The first-order valence-electron chi connectivity index (χ1n) is 8.22. The molecule has 1 aromatic heterocycles. The number of nitrogens with one attached hydrogen (secondary N) is 1. The zero-order valence-electron chi connectivity index (χ0n) is 14.4. The van der Waals surface area contributed by atoms with E-state index in [4.69, 9.17) is 4.74 Å². The summed E-state index contributed by atoms with van der Waals surface area (Å²) in [6.45, 7) is 2.95. The molecule has 0 spiro atoms. The average molecular weight is 354 g/mol. The first-order valence-corrected chi connectivity index (χ1v) is 8.22. The van der Waals surface area contributed by atoms with Crippen LogP contribution in [0.25, 0.3) is 0 Å². The van der Waals surface area contributed by atoms with Gasteiger partial charge in [-0.3, -0.25) is 19.3 Å². The van der Waals surface area contributed by atoms with E-state index < -0.39 is 36.2 Å². The van der Waals surface area contributed by atoms with Gasteiger partial charge in [0.2, 0.25) is 5.78 Å². The molecule has 0 saturated heterocycles. The largest absolute Gasteiger partial charge is 0.456 e. The number of ether oxygens (including phenoxy) is 1. The van der Waals surface area contributed by atoms with E-state index in [-0.39, 0.29) is 17.0 Å². The van der Waals surface area contributed by atoms with Crippen molar-refractivity contribution in [2.45, 2.75) is 19.9 Å². The Morgan fingerprint density at radius 2 is 1.65 bits per heavy atom. The van der Waals surface area contributed by atoms with Gasteiger partial charge in [-0.25, -0.2) is 4.79 Å². The number of amides is 2. The number of benzene rings is 1. The third kappa shape index (κ3) is 3.03. The monoisotopic (exact) mass is 354 g/mol. The molecule has 134 valence electrons. The Morgan fingerprint density at radius 1 is 1.04 bits per heavy atom. The number of rotatable bonds is 6. The average Bonchev–Trinajstić information content (AvgIpc) is 3.24. The van der Waals surface area contributed by atoms with Crippen molar-refractivity contribution < 1.29 is 23.9 Å². The topological polar surface area (TPSA) is 96.5 Å². The van der Waals surface area contributed by atoms with E-state index in [1.165, 1.54) is 0 Å². The van der Waals surface area contributed by atoms with Crippen molar-refractivity contribution in [1.29, 1.82) is 0 Å². The van der Waals surface area contributed by atoms with Gasteiger partial charge in [0.05, 0.1) is 16.8 Å². The predicted molar refractivity (Wildman–Crippen MR) is 91.7 cm³/mol. The Morgan fingerprint density at radius 3 is 2.15 bits per heavy atom. The lowest BCUT2D eigenvalue weighted by atomic mass is 10.0. The fourth-order valence-electron chi connectivity index (χ4n) is 2.94. The van der Waals surface area contributed by atoms with Crippen molar-refractivity contribution in [3.05, 3.63) is 59.4 Å². The number of fused-ring (bicyclic) bond motifs is 1. The molecule has 0 fully saturated rings. The SMILES string of the molecule is CC(C)[C@@H](C(=O)OCC(=O)c1ccc[nH]1)N1C(=O)c2ccccc2C1=O. The van der Waals surface area contributed by atoms with Crippen LogP contribution in [-0.2, 0) is 9.53 Å². The van der Waals surface area contributed by atoms with Crippen LogP contribution >= 0.6 is 0 Å². The van der Waals surface area contributed by atoms with Crippen LogP contribution in [0.2, 0.25) is 0 Å². The Kier molecular flexibility index (Phi) is 4.71. The molecule has 7 nitrogen and oxygen atoms in total. The highest BCUT2D eigenvalue weighted by atomic mass is 16.5. The van der Waals surface area contributed by atoms with Crippen LogP contribution in [0.3, 0.4) is 0 Å². The van der Waals surface area contributed by atoms with Crippen molar-refractivity contribution >= 4 is 23.6 Å². The minimum absolute atomic E-state index is 0.262. The van der Waals surface area contributed by atoms with Crippen LogP contribution in [0.5, 0.6) is 0 Å². The zero-order chi connectivity index (χ0) is 18.8. The molecule has 0 saturated carbocycles. The molecule has 26 heavy (non-hydrogen) atoms. The van der Waals surface area contributed by atoms with Gasteiger partial charge in [-0.2, -0.15) is 0 Å². The van der Waals surface area contributed by atoms with Crippen LogP contribution in [0.4, 0.5) is 0 Å². The van der Waals surface area contributed by atoms with E-state index in [1.807, 2.05) is 0 Å². The Hall–Kier alpha value is -3.22. The molecule has 1 N–H and O–H groups in total. The number of nitrogens with zero attached hydrogens (tertiary/aromatic N) is 1. The minimum Gasteiger partial charge on any atom is -0.456 e. The second-order valence-corrected chi connectivity index (χ2v) is 6.33. The molecule has 0 aliphatic carbocycles. The number of aromatic amines is 1. The number of hydrogen-bond acceptors (Lipinski definition) is 5. The van der Waals surface area contributed by atoms with Gasteiger partial charge >= 0.3 is 5.97 Å². The standard InChI is InChI=1S/C19H18N2O5/c1-11(2)16(19(25)26-10-15(22)14-8-5-9-20-14)21-17(23)12-6-3-4-7-13(12)18(21)24/h3-9,11,16,20H,10H2,1-2H3/t16-/m0/s1. The van der Waals surface area contributed by atoms with Gasteiger partial charge in [-0.1, -0.05) is 26.0 Å². The van der Waals surface area contributed by atoms with E-state index in [0.29, 0.717) is 5.69 Å². The normalized spacial score (nSPS) is 14.5. The fourth-order valence-corrected chi connectivity index (χ4v) is 2.94. The lowest BCUT2D eigenvalue weighted by molar-refractivity contribution is -0.148. The second-order valence-electron chi connectivity index (χ2n) is 6.33. The van der Waals surface area contributed by atoms with Crippen LogP contribution in [0, 0.1) is 5.92 Å². The first-order chi connectivity index (χ1) is 12.4. The third-order valence-electron chi connectivity index (χ3n) is 4.22. The van der Waals surface area contributed by atoms with Gasteiger partial charge in [0.1, 0.15) is 6.04 Å². The number of Topliss-reactive ketones (excluding diaryl/α,β-unsaturated/α-hetero) is 1. The smallest absolute Gasteiger partial charge is 0.330 e. The lowest BCUT2D eigenvalue weighted by Gasteiger charge is -2.27. The van der Waals surface area contributed by atoms with Gasteiger partial charge in [0, 0.05) is 6.20 Å². The van der Waals surface area contributed by atoms with Gasteiger partial charge < -0.3 is 9.72 Å². The maximum atomic E-state index is 12.6. The summed E-state index contributed by atoms with van der Waals surface area (Å²) in [5.41, 5.74) is 0.844. The molecular formula is C19H18N2O5. The summed E-state index contributed by atoms with van der Waals surface area (Å²) in [4.78, 5) is 53.4. The van der Waals surface area contributed by atoms with Crippen molar-refractivity contribution in [2.24, 2.45) is 5.92 Å². The van der Waals surface area contributed by atoms with E-state index >= 15 is 0 Å². The number of hydrogen-bond donors (Lipinski definition) is 1. The number of aromatic nitrogens is 1. The summed E-state index contributed by atoms with van der Waals surface area (Å²) in [5, 5.41) is 0.